The van der Waals surface area contributed by atoms with E-state index in [1.54, 1.807) is 6.21 Å². The SMILES string of the molecule is CC(/C=N\N=C1C(=O)Nc2ccccc21)=C/c1ccccc1. The highest BCUT2D eigenvalue weighted by Crippen LogP contribution is 2.22. The van der Waals surface area contributed by atoms with Crippen LogP contribution in [0.5, 0.6) is 0 Å². The molecule has 0 aromatic heterocycles. The first kappa shape index (κ1) is 13.9. The Kier molecular flexibility index (Phi) is 3.92. The number of carbonyl (C=O) groups is 1. The van der Waals surface area contributed by atoms with E-state index in [2.05, 4.69) is 15.5 Å². The van der Waals surface area contributed by atoms with Gasteiger partial charge in [0.1, 0.15) is 0 Å². The molecule has 2 aromatic rings. The van der Waals surface area contributed by atoms with Gasteiger partial charge in [-0.25, -0.2) is 0 Å². The highest BCUT2D eigenvalue weighted by molar-refractivity contribution is 6.53. The van der Waals surface area contributed by atoms with Crippen molar-refractivity contribution < 1.29 is 4.79 Å². The Hall–Kier alpha value is -3.01. The maximum atomic E-state index is 11.9. The number of hydrogen-bond acceptors (Lipinski definition) is 3. The zero-order chi connectivity index (χ0) is 15.4. The number of fused-ring (bicyclic) bond motifs is 1. The molecule has 22 heavy (non-hydrogen) atoms. The topological polar surface area (TPSA) is 53.8 Å². The van der Waals surface area contributed by atoms with E-state index >= 15 is 0 Å². The molecular formula is C18H15N3O. The van der Waals surface area contributed by atoms with Crippen LogP contribution < -0.4 is 5.32 Å². The van der Waals surface area contributed by atoms with Crippen molar-refractivity contribution in [2.75, 3.05) is 5.32 Å². The van der Waals surface area contributed by atoms with Crippen LogP contribution in [0.1, 0.15) is 18.1 Å². The van der Waals surface area contributed by atoms with Crippen molar-refractivity contribution in [1.29, 1.82) is 0 Å². The number of rotatable bonds is 3. The lowest BCUT2D eigenvalue weighted by atomic mass is 10.1. The largest absolute Gasteiger partial charge is 0.320 e. The first-order valence-electron chi connectivity index (χ1n) is 6.99. The summed E-state index contributed by atoms with van der Waals surface area (Å²) < 4.78 is 0. The van der Waals surface area contributed by atoms with Crippen LogP contribution >= 0.6 is 0 Å². The summed E-state index contributed by atoms with van der Waals surface area (Å²) >= 11 is 0. The van der Waals surface area contributed by atoms with E-state index in [-0.39, 0.29) is 5.91 Å². The number of nitrogens with zero attached hydrogens (tertiary/aromatic N) is 2. The van der Waals surface area contributed by atoms with Crippen molar-refractivity contribution in [2.24, 2.45) is 10.2 Å². The van der Waals surface area contributed by atoms with Crippen molar-refractivity contribution in [1.82, 2.24) is 0 Å². The molecule has 4 nitrogen and oxygen atoms in total. The van der Waals surface area contributed by atoms with Gasteiger partial charge >= 0.3 is 0 Å². The second-order valence-corrected chi connectivity index (χ2v) is 4.99. The summed E-state index contributed by atoms with van der Waals surface area (Å²) in [5.41, 5.74) is 3.97. The number of benzene rings is 2. The maximum absolute atomic E-state index is 11.9. The van der Waals surface area contributed by atoms with Gasteiger partial charge < -0.3 is 5.32 Å². The highest BCUT2D eigenvalue weighted by atomic mass is 16.2. The van der Waals surface area contributed by atoms with Crippen LogP contribution in [-0.2, 0) is 4.79 Å². The van der Waals surface area contributed by atoms with Gasteiger partial charge in [-0.15, -0.1) is 5.10 Å². The zero-order valence-electron chi connectivity index (χ0n) is 12.2. The first-order valence-corrected chi connectivity index (χ1v) is 6.99. The molecule has 0 aliphatic carbocycles. The van der Waals surface area contributed by atoms with E-state index in [1.807, 2.05) is 67.6 Å². The lowest BCUT2D eigenvalue weighted by Gasteiger charge is -1.94. The Morgan fingerprint density at radius 1 is 1.05 bits per heavy atom. The lowest BCUT2D eigenvalue weighted by molar-refractivity contribution is -0.110. The van der Waals surface area contributed by atoms with Crippen LogP contribution in [0.25, 0.3) is 6.08 Å². The quantitative estimate of drug-likeness (QED) is 0.682. The molecule has 0 atom stereocenters. The van der Waals surface area contributed by atoms with Crippen LogP contribution in [0.3, 0.4) is 0 Å². The second kappa shape index (κ2) is 6.18. The summed E-state index contributed by atoms with van der Waals surface area (Å²) in [5, 5.41) is 10.9. The zero-order valence-corrected chi connectivity index (χ0v) is 12.2. The van der Waals surface area contributed by atoms with Gasteiger partial charge in [0.05, 0.1) is 11.9 Å². The molecule has 1 heterocycles. The molecule has 108 valence electrons. The second-order valence-electron chi connectivity index (χ2n) is 4.99. The fourth-order valence-corrected chi connectivity index (χ4v) is 2.23. The number of anilines is 1. The Balaban J connectivity index is 1.79. The average molecular weight is 289 g/mol. The van der Waals surface area contributed by atoms with Gasteiger partial charge in [0.2, 0.25) is 0 Å². The minimum atomic E-state index is -0.219. The third kappa shape index (κ3) is 3.01. The molecule has 2 aromatic carbocycles. The number of para-hydroxylation sites is 1. The molecule has 0 radical (unpaired) electrons. The highest BCUT2D eigenvalue weighted by Gasteiger charge is 2.25. The number of hydrogen-bond donors (Lipinski definition) is 1. The Bertz CT molecular complexity index is 789. The Labute approximate surface area is 128 Å². The summed E-state index contributed by atoms with van der Waals surface area (Å²) in [6.07, 6.45) is 3.65. The summed E-state index contributed by atoms with van der Waals surface area (Å²) in [7, 11) is 0. The summed E-state index contributed by atoms with van der Waals surface area (Å²) in [6.45, 7) is 1.94. The monoisotopic (exact) mass is 289 g/mol. The van der Waals surface area contributed by atoms with Gasteiger partial charge in [0.25, 0.3) is 5.91 Å². The average Bonchev–Trinajstić information content (AvgIpc) is 2.84. The molecule has 4 heteroatoms. The number of allylic oxidation sites excluding steroid dienone is 1. The van der Waals surface area contributed by atoms with Gasteiger partial charge in [-0.3, -0.25) is 4.79 Å². The van der Waals surface area contributed by atoms with Gasteiger partial charge in [-0.2, -0.15) is 5.10 Å². The molecular weight excluding hydrogens is 274 g/mol. The number of amides is 1. The van der Waals surface area contributed by atoms with Gasteiger partial charge in [0.15, 0.2) is 5.71 Å². The van der Waals surface area contributed by atoms with Crippen LogP contribution in [0.4, 0.5) is 5.69 Å². The molecule has 1 N–H and O–H groups in total. The third-order valence-electron chi connectivity index (χ3n) is 3.26. The van der Waals surface area contributed by atoms with E-state index in [9.17, 15) is 4.79 Å². The standard InChI is InChI=1S/C18H15N3O/c1-13(11-14-7-3-2-4-8-14)12-19-21-17-15-9-5-6-10-16(15)20-18(17)22/h2-12H,1H3,(H,20,21,22)/b13-11-,19-12-. The summed E-state index contributed by atoms with van der Waals surface area (Å²) in [5.74, 6) is -0.219. The van der Waals surface area contributed by atoms with E-state index in [1.165, 1.54) is 0 Å². The van der Waals surface area contributed by atoms with Crippen LogP contribution in [0, 0.1) is 0 Å². The van der Waals surface area contributed by atoms with E-state index in [0.717, 1.165) is 22.4 Å². The summed E-state index contributed by atoms with van der Waals surface area (Å²) in [4.78, 5) is 11.9. The summed E-state index contributed by atoms with van der Waals surface area (Å²) in [6, 6.07) is 17.4. The maximum Gasteiger partial charge on any atom is 0.276 e. The molecule has 0 bridgehead atoms. The van der Waals surface area contributed by atoms with Crippen molar-refractivity contribution in [2.45, 2.75) is 6.92 Å². The fourth-order valence-electron chi connectivity index (χ4n) is 2.23. The molecule has 0 unspecified atom stereocenters. The van der Waals surface area contributed by atoms with Crippen LogP contribution in [0.2, 0.25) is 0 Å². The van der Waals surface area contributed by atoms with Gasteiger partial charge in [0, 0.05) is 5.56 Å². The van der Waals surface area contributed by atoms with E-state index in [0.29, 0.717) is 5.71 Å². The smallest absolute Gasteiger partial charge is 0.276 e. The molecule has 1 amide bonds. The molecule has 0 spiro atoms. The Morgan fingerprint density at radius 3 is 2.59 bits per heavy atom. The number of nitrogens with one attached hydrogen (secondary N) is 1. The van der Waals surface area contributed by atoms with Crippen LogP contribution in [0.15, 0.2) is 70.4 Å². The fraction of sp³-hybridized carbons (Fsp3) is 0.0556. The first-order chi connectivity index (χ1) is 10.7. The van der Waals surface area contributed by atoms with Crippen molar-refractivity contribution >= 4 is 29.6 Å². The van der Waals surface area contributed by atoms with Crippen molar-refractivity contribution in [3.8, 4) is 0 Å². The van der Waals surface area contributed by atoms with E-state index in [4.69, 9.17) is 0 Å². The minimum Gasteiger partial charge on any atom is -0.320 e. The molecule has 0 saturated heterocycles. The minimum absolute atomic E-state index is 0.219. The predicted octanol–water partition coefficient (Wildman–Crippen LogP) is 3.52. The van der Waals surface area contributed by atoms with Crippen LogP contribution in [-0.4, -0.2) is 17.8 Å². The molecule has 1 aliphatic heterocycles. The molecule has 0 saturated carbocycles. The normalized spacial score (nSPS) is 16.1. The number of carbonyl (C=O) groups excluding carboxylic acids is 1. The molecule has 1 aliphatic rings. The van der Waals surface area contributed by atoms with Gasteiger partial charge in [-0.1, -0.05) is 54.6 Å². The molecule has 3 rings (SSSR count). The van der Waals surface area contributed by atoms with Crippen molar-refractivity contribution in [3.63, 3.8) is 0 Å². The Morgan fingerprint density at radius 2 is 1.77 bits per heavy atom. The lowest BCUT2D eigenvalue weighted by Crippen LogP contribution is -2.13. The predicted molar refractivity (Wildman–Crippen MR) is 90.2 cm³/mol. The third-order valence-corrected chi connectivity index (χ3v) is 3.26. The van der Waals surface area contributed by atoms with Gasteiger partial charge in [-0.05, 0) is 24.1 Å². The van der Waals surface area contributed by atoms with E-state index < -0.39 is 0 Å². The van der Waals surface area contributed by atoms with Crippen molar-refractivity contribution in [3.05, 3.63) is 71.3 Å². The molecule has 0 fully saturated rings.